The van der Waals surface area contributed by atoms with E-state index in [-0.39, 0.29) is 5.25 Å². The van der Waals surface area contributed by atoms with Gasteiger partial charge in [0.1, 0.15) is 0 Å². The van der Waals surface area contributed by atoms with Crippen molar-refractivity contribution in [3.05, 3.63) is 35.4 Å². The first-order valence-electron chi connectivity index (χ1n) is 3.57. The number of rotatable bonds is 2. The van der Waals surface area contributed by atoms with Crippen molar-refractivity contribution in [2.24, 2.45) is 0 Å². The summed E-state index contributed by atoms with van der Waals surface area (Å²) in [6, 6.07) is 9.47. The number of hydrogen-bond acceptors (Lipinski definition) is 3. The lowest BCUT2D eigenvalue weighted by Crippen LogP contribution is -1.91. The van der Waals surface area contributed by atoms with Gasteiger partial charge in [-0.3, -0.25) is 0 Å². The molecular formula is C9H9NS2. The molecule has 1 unspecified atom stereocenters. The first-order chi connectivity index (χ1) is 5.77. The first kappa shape index (κ1) is 9.50. The van der Waals surface area contributed by atoms with Gasteiger partial charge in [-0.2, -0.15) is 30.5 Å². The number of hydrogen-bond donors (Lipinski definition) is 2. The topological polar surface area (TPSA) is 23.8 Å². The minimum atomic E-state index is 0.154. The van der Waals surface area contributed by atoms with Gasteiger partial charge in [-0.25, -0.2) is 0 Å². The summed E-state index contributed by atoms with van der Waals surface area (Å²) in [5, 5.41) is 8.69. The third-order valence-corrected chi connectivity index (χ3v) is 2.73. The largest absolute Gasteiger partial charge is 0.192 e. The third kappa shape index (κ3) is 2.20. The van der Waals surface area contributed by atoms with E-state index in [0.29, 0.717) is 11.3 Å². The Morgan fingerprint density at radius 2 is 1.92 bits per heavy atom. The van der Waals surface area contributed by atoms with Crippen LogP contribution in [0.3, 0.4) is 0 Å². The second kappa shape index (κ2) is 4.44. The van der Waals surface area contributed by atoms with E-state index in [1.165, 1.54) is 0 Å². The summed E-state index contributed by atoms with van der Waals surface area (Å²) in [6.07, 6.45) is 0. The predicted molar refractivity (Wildman–Crippen MR) is 56.7 cm³/mol. The molecule has 0 saturated carbocycles. The fourth-order valence-electron chi connectivity index (χ4n) is 0.885. The van der Waals surface area contributed by atoms with Gasteiger partial charge in [0.25, 0.3) is 0 Å². The Hall–Kier alpha value is -0.590. The molecule has 0 aliphatic heterocycles. The Morgan fingerprint density at radius 1 is 1.33 bits per heavy atom. The average molecular weight is 195 g/mol. The summed E-state index contributed by atoms with van der Waals surface area (Å²) < 4.78 is 0. The van der Waals surface area contributed by atoms with Gasteiger partial charge in [0.05, 0.1) is 11.6 Å². The van der Waals surface area contributed by atoms with Crippen LogP contribution in [0.15, 0.2) is 24.3 Å². The zero-order valence-corrected chi connectivity index (χ0v) is 8.22. The van der Waals surface area contributed by atoms with Crippen LogP contribution in [0.1, 0.15) is 16.4 Å². The molecule has 0 bridgehead atoms. The zero-order valence-electron chi connectivity index (χ0n) is 6.44. The third-order valence-electron chi connectivity index (χ3n) is 1.60. The SMILES string of the molecule is N#Cc1ccc(C(S)CS)cc1. The summed E-state index contributed by atoms with van der Waals surface area (Å²) in [7, 11) is 0. The van der Waals surface area contributed by atoms with Gasteiger partial charge in [-0.05, 0) is 17.7 Å². The molecule has 0 heterocycles. The number of benzene rings is 1. The molecule has 1 rings (SSSR count). The van der Waals surface area contributed by atoms with Gasteiger partial charge in [0.15, 0.2) is 0 Å². The van der Waals surface area contributed by atoms with E-state index in [1.807, 2.05) is 12.1 Å². The lowest BCUT2D eigenvalue weighted by Gasteiger charge is -2.06. The molecule has 0 aliphatic carbocycles. The van der Waals surface area contributed by atoms with Crippen molar-refractivity contribution in [2.75, 3.05) is 5.75 Å². The first-order valence-corrected chi connectivity index (χ1v) is 4.72. The van der Waals surface area contributed by atoms with Crippen molar-refractivity contribution in [1.82, 2.24) is 0 Å². The summed E-state index contributed by atoms with van der Waals surface area (Å²) >= 11 is 8.46. The van der Waals surface area contributed by atoms with Gasteiger partial charge in [0, 0.05) is 11.0 Å². The average Bonchev–Trinajstić information content (AvgIpc) is 2.17. The number of nitrogens with zero attached hydrogens (tertiary/aromatic N) is 1. The Kier molecular flexibility index (Phi) is 3.51. The van der Waals surface area contributed by atoms with Crippen LogP contribution >= 0.6 is 25.3 Å². The lowest BCUT2D eigenvalue weighted by molar-refractivity contribution is 1.13. The smallest absolute Gasteiger partial charge is 0.0991 e. The summed E-state index contributed by atoms with van der Waals surface area (Å²) in [5.74, 6) is 0.703. The van der Waals surface area contributed by atoms with Crippen LogP contribution in [0.5, 0.6) is 0 Å². The van der Waals surface area contributed by atoms with Crippen molar-refractivity contribution in [2.45, 2.75) is 5.25 Å². The van der Waals surface area contributed by atoms with Gasteiger partial charge in [-0.15, -0.1) is 0 Å². The summed E-state index contributed by atoms with van der Waals surface area (Å²) in [6.45, 7) is 0. The highest BCUT2D eigenvalue weighted by atomic mass is 32.1. The van der Waals surface area contributed by atoms with Crippen LogP contribution in [0.2, 0.25) is 0 Å². The van der Waals surface area contributed by atoms with Crippen LogP contribution in [0.25, 0.3) is 0 Å². The van der Waals surface area contributed by atoms with Gasteiger partial charge >= 0.3 is 0 Å². The molecule has 1 atom stereocenters. The highest BCUT2D eigenvalue weighted by Crippen LogP contribution is 2.20. The Labute approximate surface area is 83.2 Å². The second-order valence-electron chi connectivity index (χ2n) is 2.43. The Bertz CT molecular complexity index is 286. The monoisotopic (exact) mass is 195 g/mol. The molecule has 0 amide bonds. The lowest BCUT2D eigenvalue weighted by atomic mass is 10.1. The van der Waals surface area contributed by atoms with Crippen LogP contribution in [-0.2, 0) is 0 Å². The van der Waals surface area contributed by atoms with E-state index < -0.39 is 0 Å². The molecule has 0 fully saturated rings. The van der Waals surface area contributed by atoms with E-state index in [9.17, 15) is 0 Å². The van der Waals surface area contributed by atoms with E-state index in [1.54, 1.807) is 12.1 Å². The molecular weight excluding hydrogens is 186 g/mol. The summed E-state index contributed by atoms with van der Waals surface area (Å²) in [4.78, 5) is 0. The van der Waals surface area contributed by atoms with Crippen molar-refractivity contribution >= 4 is 25.3 Å². The normalized spacial score (nSPS) is 12.1. The van der Waals surface area contributed by atoms with E-state index in [0.717, 1.165) is 5.56 Å². The van der Waals surface area contributed by atoms with Gasteiger partial charge < -0.3 is 0 Å². The van der Waals surface area contributed by atoms with Crippen molar-refractivity contribution in [3.63, 3.8) is 0 Å². The molecule has 1 nitrogen and oxygen atoms in total. The Morgan fingerprint density at radius 3 is 2.33 bits per heavy atom. The molecule has 1 aromatic rings. The van der Waals surface area contributed by atoms with Crippen LogP contribution in [0, 0.1) is 11.3 Å². The molecule has 3 heteroatoms. The molecule has 62 valence electrons. The highest BCUT2D eigenvalue weighted by Gasteiger charge is 2.02. The maximum atomic E-state index is 8.54. The number of nitriles is 1. The minimum absolute atomic E-state index is 0.154. The van der Waals surface area contributed by atoms with E-state index >= 15 is 0 Å². The van der Waals surface area contributed by atoms with Crippen molar-refractivity contribution < 1.29 is 0 Å². The fourth-order valence-corrected chi connectivity index (χ4v) is 1.27. The van der Waals surface area contributed by atoms with E-state index in [4.69, 9.17) is 5.26 Å². The van der Waals surface area contributed by atoms with Crippen molar-refractivity contribution in [3.8, 4) is 6.07 Å². The molecule has 0 radical (unpaired) electrons. The van der Waals surface area contributed by atoms with Crippen LogP contribution < -0.4 is 0 Å². The van der Waals surface area contributed by atoms with Crippen LogP contribution in [-0.4, -0.2) is 5.75 Å². The maximum absolute atomic E-state index is 8.54. The molecule has 0 aromatic heterocycles. The maximum Gasteiger partial charge on any atom is 0.0991 e. The molecule has 0 aliphatic rings. The van der Waals surface area contributed by atoms with Crippen LogP contribution in [0.4, 0.5) is 0 Å². The van der Waals surface area contributed by atoms with E-state index in [2.05, 4.69) is 31.3 Å². The molecule has 0 saturated heterocycles. The molecule has 0 N–H and O–H groups in total. The number of thiol groups is 2. The van der Waals surface area contributed by atoms with Gasteiger partial charge in [-0.1, -0.05) is 12.1 Å². The highest BCUT2D eigenvalue weighted by molar-refractivity contribution is 7.84. The van der Waals surface area contributed by atoms with Crippen molar-refractivity contribution in [1.29, 1.82) is 5.26 Å². The second-order valence-corrected chi connectivity index (χ2v) is 3.42. The predicted octanol–water partition coefficient (Wildman–Crippen LogP) is 2.46. The molecule has 1 aromatic carbocycles. The summed E-state index contributed by atoms with van der Waals surface area (Å²) in [5.41, 5.74) is 1.78. The zero-order chi connectivity index (χ0) is 8.97. The quantitative estimate of drug-likeness (QED) is 0.696. The minimum Gasteiger partial charge on any atom is -0.192 e. The standard InChI is InChI=1S/C9H9NS2/c10-5-7-1-3-8(4-2-7)9(12)6-11/h1-4,9,11-12H,6H2. The molecule has 0 spiro atoms. The van der Waals surface area contributed by atoms with Gasteiger partial charge in [0.2, 0.25) is 0 Å². The molecule has 12 heavy (non-hydrogen) atoms. The fraction of sp³-hybridized carbons (Fsp3) is 0.222. The Balaban J connectivity index is 2.86.